The van der Waals surface area contributed by atoms with E-state index in [-0.39, 0.29) is 0 Å². The fraction of sp³-hybridized carbons (Fsp3) is 0.722. The van der Waals surface area contributed by atoms with Crippen LogP contribution in [-0.4, -0.2) is 47.0 Å². The van der Waals surface area contributed by atoms with Crippen LogP contribution in [-0.2, 0) is 4.79 Å². The minimum atomic E-state index is 0.340. The largest absolute Gasteiger partial charge is 0.344 e. The number of likely N-dealkylation sites (tertiary alicyclic amines) is 1. The standard InChI is InChI=1S/C18H28N4O/c1-12-13(2)19-18(20-14(12)3)21(4)10-15-9-17(23)22(11-15)16-7-5-6-8-16/h15-16H,5-11H2,1-4H3. The van der Waals surface area contributed by atoms with Gasteiger partial charge in [-0.1, -0.05) is 12.8 Å². The molecule has 3 rings (SSSR count). The molecule has 23 heavy (non-hydrogen) atoms. The molecule has 2 aliphatic rings. The second-order valence-electron chi connectivity index (χ2n) is 7.25. The Morgan fingerprint density at radius 3 is 2.35 bits per heavy atom. The molecule has 1 aromatic rings. The molecule has 0 radical (unpaired) electrons. The lowest BCUT2D eigenvalue weighted by Crippen LogP contribution is -2.35. The number of hydrogen-bond acceptors (Lipinski definition) is 4. The van der Waals surface area contributed by atoms with E-state index >= 15 is 0 Å². The van der Waals surface area contributed by atoms with Crippen molar-refractivity contribution >= 4 is 11.9 Å². The lowest BCUT2D eigenvalue weighted by Gasteiger charge is -2.25. The van der Waals surface area contributed by atoms with Gasteiger partial charge in [-0.25, -0.2) is 9.97 Å². The summed E-state index contributed by atoms with van der Waals surface area (Å²) in [6, 6.07) is 0.498. The summed E-state index contributed by atoms with van der Waals surface area (Å²) in [5.74, 6) is 1.50. The highest BCUT2D eigenvalue weighted by atomic mass is 16.2. The molecule has 126 valence electrons. The van der Waals surface area contributed by atoms with Crippen molar-refractivity contribution in [2.24, 2.45) is 5.92 Å². The van der Waals surface area contributed by atoms with Crippen LogP contribution in [0.3, 0.4) is 0 Å². The average Bonchev–Trinajstić information content (AvgIpc) is 3.13. The predicted molar refractivity (Wildman–Crippen MR) is 91.6 cm³/mol. The molecule has 1 saturated heterocycles. The van der Waals surface area contributed by atoms with E-state index in [2.05, 4.69) is 26.7 Å². The van der Waals surface area contributed by atoms with E-state index in [9.17, 15) is 4.79 Å². The van der Waals surface area contributed by atoms with Crippen LogP contribution in [0.2, 0.25) is 0 Å². The summed E-state index contributed by atoms with van der Waals surface area (Å²) < 4.78 is 0. The van der Waals surface area contributed by atoms with Crippen LogP contribution in [0.4, 0.5) is 5.95 Å². The first kappa shape index (κ1) is 16.2. The van der Waals surface area contributed by atoms with Crippen molar-refractivity contribution in [2.75, 3.05) is 25.0 Å². The van der Waals surface area contributed by atoms with Crippen molar-refractivity contribution in [1.29, 1.82) is 0 Å². The van der Waals surface area contributed by atoms with Crippen molar-refractivity contribution < 1.29 is 4.79 Å². The number of hydrogen-bond donors (Lipinski definition) is 0. The van der Waals surface area contributed by atoms with Gasteiger partial charge in [-0.15, -0.1) is 0 Å². The van der Waals surface area contributed by atoms with Gasteiger partial charge in [0.05, 0.1) is 0 Å². The molecule has 2 fully saturated rings. The van der Waals surface area contributed by atoms with Gasteiger partial charge in [-0.05, 0) is 39.2 Å². The molecule has 0 aromatic carbocycles. The second-order valence-corrected chi connectivity index (χ2v) is 7.25. The Morgan fingerprint density at radius 2 is 1.74 bits per heavy atom. The van der Waals surface area contributed by atoms with Crippen molar-refractivity contribution in [3.63, 3.8) is 0 Å². The molecule has 0 spiro atoms. The maximum absolute atomic E-state index is 12.3. The topological polar surface area (TPSA) is 49.3 Å². The maximum atomic E-state index is 12.3. The quantitative estimate of drug-likeness (QED) is 0.857. The smallest absolute Gasteiger partial charge is 0.225 e. The van der Waals surface area contributed by atoms with E-state index in [0.717, 1.165) is 36.0 Å². The van der Waals surface area contributed by atoms with Gasteiger partial charge in [-0.3, -0.25) is 4.79 Å². The Balaban J connectivity index is 1.64. The number of aryl methyl sites for hydroxylation is 2. The molecule has 1 aromatic heterocycles. The number of anilines is 1. The maximum Gasteiger partial charge on any atom is 0.225 e. The van der Waals surface area contributed by atoms with Gasteiger partial charge >= 0.3 is 0 Å². The second kappa shape index (κ2) is 6.46. The first-order valence-electron chi connectivity index (χ1n) is 8.78. The summed E-state index contributed by atoms with van der Waals surface area (Å²) >= 11 is 0. The summed E-state index contributed by atoms with van der Waals surface area (Å²) in [7, 11) is 2.03. The SMILES string of the molecule is Cc1nc(N(C)CC2CC(=O)N(C3CCCC3)C2)nc(C)c1C. The highest BCUT2D eigenvalue weighted by molar-refractivity contribution is 5.79. The van der Waals surface area contributed by atoms with Crippen molar-refractivity contribution in [3.05, 3.63) is 17.0 Å². The highest BCUT2D eigenvalue weighted by Crippen LogP contribution is 2.30. The summed E-state index contributed by atoms with van der Waals surface area (Å²) in [6.45, 7) is 7.86. The molecule has 1 amide bonds. The zero-order valence-corrected chi connectivity index (χ0v) is 14.8. The number of carbonyl (C=O) groups is 1. The minimum absolute atomic E-state index is 0.340. The minimum Gasteiger partial charge on any atom is -0.344 e. The van der Waals surface area contributed by atoms with E-state index in [4.69, 9.17) is 0 Å². The molecule has 1 aliphatic carbocycles. The summed E-state index contributed by atoms with van der Waals surface area (Å²) in [5.41, 5.74) is 3.23. The first-order chi connectivity index (χ1) is 11.0. The fourth-order valence-corrected chi connectivity index (χ4v) is 3.89. The van der Waals surface area contributed by atoms with E-state index in [1.165, 1.54) is 25.7 Å². The molecular formula is C18H28N4O. The van der Waals surface area contributed by atoms with Gasteiger partial charge in [-0.2, -0.15) is 0 Å². The first-order valence-corrected chi connectivity index (χ1v) is 8.78. The number of rotatable bonds is 4. The molecule has 5 heteroatoms. The molecule has 0 bridgehead atoms. The van der Waals surface area contributed by atoms with E-state index in [1.807, 2.05) is 20.9 Å². The van der Waals surface area contributed by atoms with Crippen LogP contribution in [0.1, 0.15) is 49.1 Å². The van der Waals surface area contributed by atoms with Crippen molar-refractivity contribution in [3.8, 4) is 0 Å². The van der Waals surface area contributed by atoms with Crippen molar-refractivity contribution in [1.82, 2.24) is 14.9 Å². The van der Waals surface area contributed by atoms with E-state index < -0.39 is 0 Å². The molecule has 1 aliphatic heterocycles. The van der Waals surface area contributed by atoms with Gasteiger partial charge in [0.1, 0.15) is 0 Å². The fourth-order valence-electron chi connectivity index (χ4n) is 3.89. The third-order valence-corrected chi connectivity index (χ3v) is 5.50. The van der Waals surface area contributed by atoms with Gasteiger partial charge in [0, 0.05) is 49.9 Å². The van der Waals surface area contributed by atoms with Crippen LogP contribution >= 0.6 is 0 Å². The predicted octanol–water partition coefficient (Wildman–Crippen LogP) is 2.63. The zero-order valence-electron chi connectivity index (χ0n) is 14.8. The van der Waals surface area contributed by atoms with Crippen LogP contribution in [0.5, 0.6) is 0 Å². The monoisotopic (exact) mass is 316 g/mol. The lowest BCUT2D eigenvalue weighted by molar-refractivity contribution is -0.129. The van der Waals surface area contributed by atoms with Crippen molar-refractivity contribution in [2.45, 2.75) is 58.9 Å². The van der Waals surface area contributed by atoms with E-state index in [0.29, 0.717) is 24.3 Å². The Bertz CT molecular complexity index is 572. The number of carbonyl (C=O) groups excluding carboxylic acids is 1. The van der Waals surface area contributed by atoms with Crippen LogP contribution < -0.4 is 4.90 Å². The van der Waals surface area contributed by atoms with E-state index in [1.54, 1.807) is 0 Å². The van der Waals surface area contributed by atoms with Gasteiger partial charge < -0.3 is 9.80 Å². The zero-order chi connectivity index (χ0) is 16.6. The molecule has 0 N–H and O–H groups in total. The average molecular weight is 316 g/mol. The Morgan fingerprint density at radius 1 is 1.13 bits per heavy atom. The third kappa shape index (κ3) is 3.33. The molecule has 1 unspecified atom stereocenters. The van der Waals surface area contributed by atoms with Crippen LogP contribution in [0.25, 0.3) is 0 Å². The Hall–Kier alpha value is -1.65. The third-order valence-electron chi connectivity index (χ3n) is 5.50. The number of aromatic nitrogens is 2. The Kier molecular flexibility index (Phi) is 4.55. The summed E-state index contributed by atoms with van der Waals surface area (Å²) in [6.07, 6.45) is 5.59. The molecule has 1 atom stereocenters. The van der Waals surface area contributed by atoms with Crippen LogP contribution in [0.15, 0.2) is 0 Å². The molecule has 2 heterocycles. The molecule has 5 nitrogen and oxygen atoms in total. The molecule has 1 saturated carbocycles. The normalized spacial score (nSPS) is 22.2. The van der Waals surface area contributed by atoms with Gasteiger partial charge in [0.15, 0.2) is 0 Å². The highest BCUT2D eigenvalue weighted by Gasteiger charge is 2.35. The molecular weight excluding hydrogens is 288 g/mol. The van der Waals surface area contributed by atoms with Gasteiger partial charge in [0.2, 0.25) is 11.9 Å². The summed E-state index contributed by atoms with van der Waals surface area (Å²) in [5, 5.41) is 0. The van der Waals surface area contributed by atoms with Gasteiger partial charge in [0.25, 0.3) is 0 Å². The Labute approximate surface area is 139 Å². The lowest BCUT2D eigenvalue weighted by atomic mass is 10.1. The summed E-state index contributed by atoms with van der Waals surface area (Å²) in [4.78, 5) is 25.8. The van der Waals surface area contributed by atoms with Crippen LogP contribution in [0, 0.1) is 26.7 Å². The number of amides is 1. The number of nitrogens with zero attached hydrogens (tertiary/aromatic N) is 4.